The lowest BCUT2D eigenvalue weighted by molar-refractivity contribution is 0.174. The number of ether oxygens (including phenoxy) is 2. The molecule has 8 heteroatoms. The highest BCUT2D eigenvalue weighted by Gasteiger charge is 2.20. The molecule has 2 aromatic rings. The van der Waals surface area contributed by atoms with Gasteiger partial charge in [-0.1, -0.05) is 0 Å². The second-order valence-electron chi connectivity index (χ2n) is 5.43. The van der Waals surface area contributed by atoms with Crippen molar-refractivity contribution in [1.29, 1.82) is 0 Å². The third kappa shape index (κ3) is 3.04. The van der Waals surface area contributed by atoms with Crippen molar-refractivity contribution in [3.8, 4) is 11.5 Å². The van der Waals surface area contributed by atoms with E-state index in [1.807, 2.05) is 25.5 Å². The zero-order valence-electron chi connectivity index (χ0n) is 13.3. The first kappa shape index (κ1) is 15.8. The van der Waals surface area contributed by atoms with Gasteiger partial charge in [0.1, 0.15) is 0 Å². The molecule has 7 nitrogen and oxygen atoms in total. The summed E-state index contributed by atoms with van der Waals surface area (Å²) >= 11 is 0. The molecule has 0 atom stereocenters. The average molecular weight is 337 g/mol. The highest BCUT2D eigenvalue weighted by Crippen LogP contribution is 2.33. The molecular formula is C15H19N3O4S. The molecular weight excluding hydrogens is 318 g/mol. The van der Waals surface area contributed by atoms with Crippen LogP contribution >= 0.6 is 0 Å². The van der Waals surface area contributed by atoms with Gasteiger partial charge in [0.2, 0.25) is 16.8 Å². The van der Waals surface area contributed by atoms with Gasteiger partial charge in [-0.05, 0) is 38.5 Å². The highest BCUT2D eigenvalue weighted by atomic mass is 32.2. The third-order valence-electron chi connectivity index (χ3n) is 4.01. The summed E-state index contributed by atoms with van der Waals surface area (Å²) in [7, 11) is -3.59. The molecule has 1 aromatic heterocycles. The van der Waals surface area contributed by atoms with Gasteiger partial charge >= 0.3 is 0 Å². The van der Waals surface area contributed by atoms with Gasteiger partial charge in [-0.3, -0.25) is 4.68 Å². The lowest BCUT2D eigenvalue weighted by Gasteiger charge is -2.09. The topological polar surface area (TPSA) is 82.5 Å². The van der Waals surface area contributed by atoms with Crippen LogP contribution in [0.5, 0.6) is 11.5 Å². The van der Waals surface area contributed by atoms with Crippen LogP contribution in [0.1, 0.15) is 17.0 Å². The molecule has 124 valence electrons. The van der Waals surface area contributed by atoms with Gasteiger partial charge in [-0.2, -0.15) is 5.10 Å². The summed E-state index contributed by atoms with van der Waals surface area (Å²) in [6.45, 7) is 6.77. The van der Waals surface area contributed by atoms with E-state index in [-0.39, 0.29) is 18.2 Å². The summed E-state index contributed by atoms with van der Waals surface area (Å²) in [5.74, 6) is 1.00. The lowest BCUT2D eigenvalue weighted by Crippen LogP contribution is -2.28. The molecule has 0 saturated heterocycles. The number of hydrogen-bond donors (Lipinski definition) is 1. The number of nitrogens with one attached hydrogen (secondary N) is 1. The van der Waals surface area contributed by atoms with Crippen molar-refractivity contribution in [1.82, 2.24) is 14.5 Å². The zero-order valence-corrected chi connectivity index (χ0v) is 14.1. The van der Waals surface area contributed by atoms with Gasteiger partial charge < -0.3 is 9.47 Å². The van der Waals surface area contributed by atoms with Crippen LogP contribution in [0.2, 0.25) is 0 Å². The summed E-state index contributed by atoms with van der Waals surface area (Å²) in [5, 5.41) is 4.39. The molecule has 0 aliphatic carbocycles. The summed E-state index contributed by atoms with van der Waals surface area (Å²) < 4.78 is 39.5. The Morgan fingerprint density at radius 2 is 1.96 bits per heavy atom. The molecule has 1 aromatic carbocycles. The lowest BCUT2D eigenvalue weighted by atomic mass is 10.2. The quantitative estimate of drug-likeness (QED) is 0.894. The fourth-order valence-electron chi connectivity index (χ4n) is 2.42. The number of aromatic nitrogens is 2. The fourth-order valence-corrected chi connectivity index (χ4v) is 3.45. The van der Waals surface area contributed by atoms with Crippen molar-refractivity contribution in [3.05, 3.63) is 35.2 Å². The minimum Gasteiger partial charge on any atom is -0.454 e. The number of sulfonamides is 1. The molecule has 0 bridgehead atoms. The molecule has 1 aliphatic heterocycles. The van der Waals surface area contributed by atoms with Crippen molar-refractivity contribution in [2.75, 3.05) is 13.3 Å². The number of aryl methyl sites for hydroxylation is 1. The number of hydrogen-bond acceptors (Lipinski definition) is 5. The van der Waals surface area contributed by atoms with Crippen LogP contribution in [-0.4, -0.2) is 31.5 Å². The summed E-state index contributed by atoms with van der Waals surface area (Å²) in [6.07, 6.45) is 0. The molecule has 0 amide bonds. The minimum atomic E-state index is -3.59. The van der Waals surface area contributed by atoms with Crippen molar-refractivity contribution in [2.45, 2.75) is 32.2 Å². The maximum atomic E-state index is 12.3. The third-order valence-corrected chi connectivity index (χ3v) is 5.47. The molecule has 23 heavy (non-hydrogen) atoms. The molecule has 0 spiro atoms. The molecule has 0 unspecified atom stereocenters. The van der Waals surface area contributed by atoms with Gasteiger partial charge in [0.25, 0.3) is 0 Å². The molecule has 1 N–H and O–H groups in total. The Morgan fingerprint density at radius 1 is 1.22 bits per heavy atom. The Morgan fingerprint density at radius 3 is 2.65 bits per heavy atom. The largest absolute Gasteiger partial charge is 0.454 e. The van der Waals surface area contributed by atoms with Crippen molar-refractivity contribution in [2.24, 2.45) is 0 Å². The molecule has 3 rings (SSSR count). The van der Waals surface area contributed by atoms with Gasteiger partial charge in [0.05, 0.1) is 17.1 Å². The van der Waals surface area contributed by atoms with Crippen LogP contribution in [0.4, 0.5) is 0 Å². The van der Waals surface area contributed by atoms with Crippen LogP contribution in [0, 0.1) is 20.8 Å². The maximum absolute atomic E-state index is 12.3. The highest BCUT2D eigenvalue weighted by molar-refractivity contribution is 7.89. The molecule has 0 fully saturated rings. The second kappa shape index (κ2) is 5.86. The first-order valence-corrected chi connectivity index (χ1v) is 8.77. The van der Waals surface area contributed by atoms with Crippen LogP contribution in [-0.2, 0) is 16.6 Å². The van der Waals surface area contributed by atoms with Crippen LogP contribution in [0.15, 0.2) is 23.1 Å². The Balaban J connectivity index is 1.68. The van der Waals surface area contributed by atoms with Gasteiger partial charge in [-0.25, -0.2) is 13.1 Å². The molecule has 0 saturated carbocycles. The van der Waals surface area contributed by atoms with Gasteiger partial charge in [0.15, 0.2) is 11.5 Å². The Bertz CT molecular complexity index is 843. The summed E-state index contributed by atoms with van der Waals surface area (Å²) in [6, 6.07) is 4.57. The van der Waals surface area contributed by atoms with Crippen molar-refractivity contribution >= 4 is 10.0 Å². The molecule has 2 heterocycles. The van der Waals surface area contributed by atoms with E-state index in [1.165, 1.54) is 12.1 Å². The first-order valence-electron chi connectivity index (χ1n) is 7.28. The van der Waals surface area contributed by atoms with Crippen molar-refractivity contribution < 1.29 is 17.9 Å². The first-order chi connectivity index (χ1) is 10.9. The molecule has 1 aliphatic rings. The average Bonchev–Trinajstić information content (AvgIpc) is 3.07. The standard InChI is InChI=1S/C15H19N3O4S/c1-10-11(2)17-18(12(10)3)7-6-16-23(19,20)13-4-5-14-15(8-13)22-9-21-14/h4-5,8,16H,6-7,9H2,1-3H3. The van der Waals surface area contributed by atoms with E-state index in [1.54, 1.807) is 6.07 Å². The van der Waals surface area contributed by atoms with E-state index < -0.39 is 10.0 Å². The Labute approximate surface area is 135 Å². The fraction of sp³-hybridized carbons (Fsp3) is 0.400. The van der Waals surface area contributed by atoms with E-state index in [9.17, 15) is 8.42 Å². The van der Waals surface area contributed by atoms with Crippen LogP contribution in [0.25, 0.3) is 0 Å². The normalized spacial score (nSPS) is 13.5. The van der Waals surface area contributed by atoms with E-state index in [0.717, 1.165) is 17.0 Å². The Kier molecular flexibility index (Phi) is 4.03. The second-order valence-corrected chi connectivity index (χ2v) is 7.20. The van der Waals surface area contributed by atoms with Gasteiger partial charge in [-0.15, -0.1) is 0 Å². The number of nitrogens with zero attached hydrogens (tertiary/aromatic N) is 2. The smallest absolute Gasteiger partial charge is 0.240 e. The number of fused-ring (bicyclic) bond motifs is 1. The van der Waals surface area contributed by atoms with Crippen LogP contribution in [0.3, 0.4) is 0 Å². The monoisotopic (exact) mass is 337 g/mol. The maximum Gasteiger partial charge on any atom is 0.240 e. The Hall–Kier alpha value is -2.06. The number of benzene rings is 1. The minimum absolute atomic E-state index is 0.115. The SMILES string of the molecule is Cc1nn(CCNS(=O)(=O)c2ccc3c(c2)OCO3)c(C)c1C. The predicted molar refractivity (Wildman–Crippen MR) is 84.2 cm³/mol. The predicted octanol–water partition coefficient (Wildman–Crippen LogP) is 1.52. The van der Waals surface area contributed by atoms with E-state index in [0.29, 0.717) is 18.0 Å². The summed E-state index contributed by atoms with van der Waals surface area (Å²) in [4.78, 5) is 0.159. The van der Waals surface area contributed by atoms with E-state index in [4.69, 9.17) is 9.47 Å². The van der Waals surface area contributed by atoms with Gasteiger partial charge in [0, 0.05) is 18.3 Å². The summed E-state index contributed by atoms with van der Waals surface area (Å²) in [5.41, 5.74) is 3.13. The van der Waals surface area contributed by atoms with E-state index in [2.05, 4.69) is 9.82 Å². The number of rotatable bonds is 5. The zero-order chi connectivity index (χ0) is 16.6. The van der Waals surface area contributed by atoms with E-state index >= 15 is 0 Å². The molecule has 0 radical (unpaired) electrons. The van der Waals surface area contributed by atoms with Crippen molar-refractivity contribution in [3.63, 3.8) is 0 Å². The van der Waals surface area contributed by atoms with Crippen LogP contribution < -0.4 is 14.2 Å².